The third-order valence-electron chi connectivity index (χ3n) is 7.58. The van der Waals surface area contributed by atoms with Crippen LogP contribution < -0.4 is 4.74 Å². The Kier molecular flexibility index (Phi) is 5.93. The first-order chi connectivity index (χ1) is 15.7. The maximum absolute atomic E-state index is 13.1. The van der Waals surface area contributed by atoms with Crippen molar-refractivity contribution in [1.82, 2.24) is 9.80 Å². The van der Waals surface area contributed by atoms with E-state index in [4.69, 9.17) is 9.47 Å². The third kappa shape index (κ3) is 3.60. The Balaban J connectivity index is 1.40. The summed E-state index contributed by atoms with van der Waals surface area (Å²) in [5.41, 5.74) is 2.26. The molecule has 1 N–H and O–H groups in total. The molecule has 0 bridgehead atoms. The van der Waals surface area contributed by atoms with E-state index < -0.39 is 0 Å². The number of likely N-dealkylation sites (tertiary alicyclic amines) is 2. The Morgan fingerprint density at radius 3 is 2.56 bits per heavy atom. The van der Waals surface area contributed by atoms with E-state index in [1.165, 1.54) is 5.56 Å². The molecule has 6 nitrogen and oxygen atoms in total. The maximum atomic E-state index is 13.1. The Morgan fingerprint density at radius 2 is 1.88 bits per heavy atom. The number of ether oxygens (including phenoxy) is 2. The number of aliphatic hydroxyl groups excluding tert-OH is 1. The fourth-order valence-corrected chi connectivity index (χ4v) is 5.96. The number of aliphatic hydroxyl groups is 1. The maximum Gasteiger partial charge on any atom is 0.225 e. The lowest BCUT2D eigenvalue weighted by molar-refractivity contribution is -0.203. The van der Waals surface area contributed by atoms with Crippen LogP contribution in [-0.4, -0.2) is 72.4 Å². The van der Waals surface area contributed by atoms with Gasteiger partial charge in [-0.25, -0.2) is 0 Å². The van der Waals surface area contributed by atoms with Gasteiger partial charge in [-0.05, 0) is 36.1 Å². The predicted octanol–water partition coefficient (Wildman–Crippen LogP) is 2.66. The fraction of sp³-hybridized carbons (Fsp3) is 0.500. The molecule has 0 aliphatic carbocycles. The monoisotopic (exact) mass is 436 g/mol. The highest BCUT2D eigenvalue weighted by Crippen LogP contribution is 2.54. The van der Waals surface area contributed by atoms with Crippen LogP contribution in [0.3, 0.4) is 0 Å². The van der Waals surface area contributed by atoms with Gasteiger partial charge in [0.2, 0.25) is 5.91 Å². The summed E-state index contributed by atoms with van der Waals surface area (Å²) in [6.07, 6.45) is 1.63. The topological polar surface area (TPSA) is 62.2 Å². The second-order valence-corrected chi connectivity index (χ2v) is 9.30. The van der Waals surface area contributed by atoms with Crippen molar-refractivity contribution in [2.24, 2.45) is 5.92 Å². The van der Waals surface area contributed by atoms with E-state index >= 15 is 0 Å². The van der Waals surface area contributed by atoms with E-state index in [0.717, 1.165) is 30.7 Å². The summed E-state index contributed by atoms with van der Waals surface area (Å²) < 4.78 is 10.9. The van der Waals surface area contributed by atoms with Crippen LogP contribution in [0.25, 0.3) is 0 Å². The van der Waals surface area contributed by atoms with Crippen molar-refractivity contribution in [2.45, 2.75) is 36.9 Å². The molecule has 1 spiro atoms. The minimum atomic E-state index is -0.140. The van der Waals surface area contributed by atoms with Gasteiger partial charge in [0.15, 0.2) is 0 Å². The molecule has 0 saturated carbocycles. The molecule has 6 heteroatoms. The van der Waals surface area contributed by atoms with E-state index in [1.807, 2.05) is 23.1 Å². The molecule has 3 aliphatic rings. The molecule has 0 radical (unpaired) electrons. The Morgan fingerprint density at radius 1 is 1.12 bits per heavy atom. The van der Waals surface area contributed by atoms with Gasteiger partial charge in [-0.1, -0.05) is 42.5 Å². The van der Waals surface area contributed by atoms with Gasteiger partial charge >= 0.3 is 0 Å². The fourth-order valence-electron chi connectivity index (χ4n) is 5.96. The van der Waals surface area contributed by atoms with Gasteiger partial charge in [0.1, 0.15) is 5.75 Å². The van der Waals surface area contributed by atoms with Gasteiger partial charge in [-0.2, -0.15) is 0 Å². The molecule has 1 amide bonds. The van der Waals surface area contributed by atoms with Crippen molar-refractivity contribution < 1.29 is 19.4 Å². The highest BCUT2D eigenvalue weighted by molar-refractivity contribution is 5.80. The molecule has 3 aliphatic heterocycles. The molecule has 0 unspecified atom stereocenters. The average molecular weight is 437 g/mol. The largest absolute Gasteiger partial charge is 0.497 e. The highest BCUT2D eigenvalue weighted by Gasteiger charge is 2.66. The summed E-state index contributed by atoms with van der Waals surface area (Å²) >= 11 is 0. The normalized spacial score (nSPS) is 25.2. The lowest BCUT2D eigenvalue weighted by Crippen LogP contribution is -2.84. The van der Waals surface area contributed by atoms with E-state index in [-0.39, 0.29) is 35.9 Å². The smallest absolute Gasteiger partial charge is 0.225 e. The van der Waals surface area contributed by atoms with Crippen LogP contribution in [-0.2, 0) is 16.1 Å². The lowest BCUT2D eigenvalue weighted by Gasteiger charge is -2.71. The number of hydrogen-bond acceptors (Lipinski definition) is 5. The lowest BCUT2D eigenvalue weighted by atomic mass is 9.60. The number of carbonyl (C=O) groups excluding carboxylic acids is 1. The molecule has 3 fully saturated rings. The van der Waals surface area contributed by atoms with Gasteiger partial charge in [-0.3, -0.25) is 9.69 Å². The van der Waals surface area contributed by atoms with Crippen LogP contribution in [0.1, 0.15) is 29.9 Å². The molecule has 3 heterocycles. The van der Waals surface area contributed by atoms with Crippen LogP contribution in [0.5, 0.6) is 5.75 Å². The summed E-state index contributed by atoms with van der Waals surface area (Å²) in [5.74, 6) is 1.39. The minimum Gasteiger partial charge on any atom is -0.497 e. The van der Waals surface area contributed by atoms with Crippen molar-refractivity contribution in [1.29, 1.82) is 0 Å². The average Bonchev–Trinajstić information content (AvgIpc) is 2.82. The predicted molar refractivity (Wildman–Crippen MR) is 121 cm³/mol. The van der Waals surface area contributed by atoms with Crippen molar-refractivity contribution in [3.63, 3.8) is 0 Å². The van der Waals surface area contributed by atoms with Crippen molar-refractivity contribution in [2.75, 3.05) is 40.0 Å². The first-order valence-corrected chi connectivity index (χ1v) is 11.6. The van der Waals surface area contributed by atoms with Crippen molar-refractivity contribution in [3.05, 3.63) is 65.7 Å². The molecule has 2 atom stereocenters. The Hall–Kier alpha value is -2.41. The molecule has 5 rings (SSSR count). The second kappa shape index (κ2) is 8.85. The van der Waals surface area contributed by atoms with Gasteiger partial charge in [0.25, 0.3) is 0 Å². The zero-order valence-corrected chi connectivity index (χ0v) is 18.7. The van der Waals surface area contributed by atoms with Crippen LogP contribution >= 0.6 is 0 Å². The van der Waals surface area contributed by atoms with Crippen LogP contribution in [0.2, 0.25) is 0 Å². The highest BCUT2D eigenvalue weighted by atomic mass is 16.5. The second-order valence-electron chi connectivity index (χ2n) is 9.30. The number of carbonyl (C=O) groups is 1. The van der Waals surface area contributed by atoms with Crippen LogP contribution in [0, 0.1) is 5.92 Å². The number of hydrogen-bond donors (Lipinski definition) is 1. The number of methoxy groups -OCH3 is 1. The quantitative estimate of drug-likeness (QED) is 0.755. The van der Waals surface area contributed by atoms with E-state index in [2.05, 4.69) is 41.3 Å². The number of nitrogens with zero attached hydrogens (tertiary/aromatic N) is 2. The van der Waals surface area contributed by atoms with Gasteiger partial charge in [-0.15, -0.1) is 0 Å². The molecule has 0 aromatic heterocycles. The van der Waals surface area contributed by atoms with Gasteiger partial charge in [0.05, 0.1) is 19.3 Å². The molecule has 32 heavy (non-hydrogen) atoms. The Labute approximate surface area is 189 Å². The van der Waals surface area contributed by atoms with E-state index in [0.29, 0.717) is 26.3 Å². The van der Waals surface area contributed by atoms with E-state index in [9.17, 15) is 9.90 Å². The minimum absolute atomic E-state index is 0.0314. The van der Waals surface area contributed by atoms with Crippen molar-refractivity contribution in [3.8, 4) is 5.75 Å². The molecule has 2 aromatic rings. The summed E-state index contributed by atoms with van der Waals surface area (Å²) in [6.45, 7) is 3.60. The summed E-state index contributed by atoms with van der Waals surface area (Å²) in [4.78, 5) is 17.6. The number of benzene rings is 2. The molecular weight excluding hydrogens is 404 g/mol. The summed E-state index contributed by atoms with van der Waals surface area (Å²) in [6, 6.07) is 18.6. The number of amides is 1. The van der Waals surface area contributed by atoms with E-state index in [1.54, 1.807) is 7.11 Å². The molecule has 170 valence electrons. The Bertz CT molecular complexity index is 938. The van der Waals surface area contributed by atoms with Gasteiger partial charge in [0, 0.05) is 50.7 Å². The standard InChI is InChI=1S/C26H32N2O4/c1-31-22-9-5-6-19(14-22)15-28-23(16-29)24(20-7-3-2-4-8-20)26(28)17-27(18-26)25(30)21-10-12-32-13-11-21/h2-9,14,21,23-24,29H,10-13,15-18H2,1H3/t23-,24-/m1/s1. The zero-order chi connectivity index (χ0) is 22.1. The van der Waals surface area contributed by atoms with Gasteiger partial charge < -0.3 is 19.5 Å². The first-order valence-electron chi connectivity index (χ1n) is 11.6. The van der Waals surface area contributed by atoms with Crippen molar-refractivity contribution >= 4 is 5.91 Å². The molecular formula is C26H32N2O4. The summed E-state index contributed by atoms with van der Waals surface area (Å²) in [7, 11) is 1.68. The first kappa shape index (κ1) is 21.4. The number of rotatable bonds is 6. The zero-order valence-electron chi connectivity index (χ0n) is 18.7. The summed E-state index contributed by atoms with van der Waals surface area (Å²) in [5, 5.41) is 10.3. The third-order valence-corrected chi connectivity index (χ3v) is 7.58. The van der Waals surface area contributed by atoms with Crippen LogP contribution in [0.15, 0.2) is 54.6 Å². The molecule has 2 aromatic carbocycles. The van der Waals surface area contributed by atoms with Crippen LogP contribution in [0.4, 0.5) is 0 Å². The SMILES string of the molecule is COc1cccc(CN2[C@H](CO)[C@@H](c3ccccc3)C23CN(C(=O)C2CCOCC2)C3)c1. The molecule has 3 saturated heterocycles.